The van der Waals surface area contributed by atoms with Crippen molar-refractivity contribution in [2.75, 3.05) is 5.32 Å². The highest BCUT2D eigenvalue weighted by Crippen LogP contribution is 2.37. The molecule has 0 saturated carbocycles. The van der Waals surface area contributed by atoms with Crippen LogP contribution in [-0.4, -0.2) is 16.1 Å². The van der Waals surface area contributed by atoms with E-state index >= 15 is 0 Å². The van der Waals surface area contributed by atoms with Crippen LogP contribution in [0, 0.1) is 13.8 Å². The van der Waals surface area contributed by atoms with E-state index in [4.69, 9.17) is 4.42 Å². The molecule has 2 aromatic carbocycles. The second-order valence-electron chi connectivity index (χ2n) is 6.57. The van der Waals surface area contributed by atoms with Crippen LogP contribution < -0.4 is 5.32 Å². The molecular weight excluding hydrogens is 402 g/mol. The summed E-state index contributed by atoms with van der Waals surface area (Å²) in [4.78, 5) is 14.1. The van der Waals surface area contributed by atoms with Crippen molar-refractivity contribution in [1.29, 1.82) is 0 Å². The third-order valence-corrected chi connectivity index (χ3v) is 6.29. The number of hydrogen-bond donors (Lipinski definition) is 1. The molecule has 0 radical (unpaired) electrons. The fourth-order valence-corrected chi connectivity index (χ4v) is 4.35. The Morgan fingerprint density at radius 1 is 1.07 bits per heavy atom. The normalized spacial score (nSPS) is 11.9. The number of carbonyl (C=O) groups is 1. The Kier molecular flexibility index (Phi) is 5.78. The van der Waals surface area contributed by atoms with E-state index in [-0.39, 0.29) is 5.91 Å². The summed E-state index contributed by atoms with van der Waals surface area (Å²) >= 11 is 2.78. The van der Waals surface area contributed by atoms with Gasteiger partial charge in [0.1, 0.15) is 5.25 Å². The number of aryl methyl sites for hydroxylation is 2. The van der Waals surface area contributed by atoms with Gasteiger partial charge in [0, 0.05) is 5.69 Å². The minimum absolute atomic E-state index is 0.134. The Hall–Kier alpha value is -2.90. The first-order valence-corrected chi connectivity index (χ1v) is 10.8. The third-order valence-electron chi connectivity index (χ3n) is 4.35. The average Bonchev–Trinajstić information content (AvgIpc) is 3.41. The van der Waals surface area contributed by atoms with Gasteiger partial charge in [0.05, 0.1) is 4.88 Å². The van der Waals surface area contributed by atoms with E-state index in [1.54, 1.807) is 0 Å². The molecule has 1 atom stereocenters. The van der Waals surface area contributed by atoms with Gasteiger partial charge in [0.2, 0.25) is 5.91 Å². The molecule has 5 nitrogen and oxygen atoms in total. The summed E-state index contributed by atoms with van der Waals surface area (Å²) in [5.41, 5.74) is 3.78. The molecule has 0 aliphatic heterocycles. The van der Waals surface area contributed by atoms with Gasteiger partial charge in [-0.15, -0.1) is 21.5 Å². The maximum atomic E-state index is 13.2. The fraction of sp³-hybridized carbons (Fsp3) is 0.136. The van der Waals surface area contributed by atoms with E-state index in [2.05, 4.69) is 15.5 Å². The minimum atomic E-state index is -0.521. The number of amides is 1. The van der Waals surface area contributed by atoms with Crippen molar-refractivity contribution in [2.45, 2.75) is 24.3 Å². The van der Waals surface area contributed by atoms with Gasteiger partial charge < -0.3 is 9.73 Å². The first-order valence-electron chi connectivity index (χ1n) is 9.07. The maximum Gasteiger partial charge on any atom is 0.278 e. The topological polar surface area (TPSA) is 68.0 Å². The van der Waals surface area contributed by atoms with Crippen LogP contribution in [0.5, 0.6) is 0 Å². The predicted molar refractivity (Wildman–Crippen MR) is 117 cm³/mol. The van der Waals surface area contributed by atoms with Crippen LogP contribution in [-0.2, 0) is 4.79 Å². The molecule has 29 heavy (non-hydrogen) atoms. The summed E-state index contributed by atoms with van der Waals surface area (Å²) in [6.07, 6.45) is 0. The highest BCUT2D eigenvalue weighted by atomic mass is 32.2. The molecule has 0 saturated heterocycles. The van der Waals surface area contributed by atoms with Gasteiger partial charge in [-0.05, 0) is 59.8 Å². The van der Waals surface area contributed by atoms with Crippen LogP contribution in [0.25, 0.3) is 10.8 Å². The zero-order valence-electron chi connectivity index (χ0n) is 16.0. The van der Waals surface area contributed by atoms with Crippen molar-refractivity contribution in [3.63, 3.8) is 0 Å². The van der Waals surface area contributed by atoms with Crippen molar-refractivity contribution in [2.24, 2.45) is 0 Å². The standard InChI is InChI=1S/C22H19N3O2S2/c1-14-10-11-15(2)17(13-14)23-20(26)19(16-7-4-3-5-8-16)29-22-25-24-21(27-22)18-9-6-12-28-18/h3-13,19H,1-2H3,(H,23,26)/t19-/m0/s1. The van der Waals surface area contributed by atoms with Crippen molar-refractivity contribution in [1.82, 2.24) is 10.2 Å². The van der Waals surface area contributed by atoms with Gasteiger partial charge >= 0.3 is 0 Å². The fourth-order valence-electron chi connectivity index (χ4n) is 2.83. The molecule has 7 heteroatoms. The first-order chi connectivity index (χ1) is 14.1. The predicted octanol–water partition coefficient (Wildman–Crippen LogP) is 5.89. The molecule has 1 amide bonds. The zero-order valence-corrected chi connectivity index (χ0v) is 17.6. The van der Waals surface area contributed by atoms with E-state index < -0.39 is 5.25 Å². The van der Waals surface area contributed by atoms with Crippen LogP contribution in [0.4, 0.5) is 5.69 Å². The molecule has 146 valence electrons. The second kappa shape index (κ2) is 8.63. The molecular formula is C22H19N3O2S2. The zero-order chi connectivity index (χ0) is 20.2. The first kappa shape index (κ1) is 19.4. The van der Waals surface area contributed by atoms with E-state index in [9.17, 15) is 4.79 Å². The van der Waals surface area contributed by atoms with Gasteiger partial charge in [-0.3, -0.25) is 4.79 Å². The number of thioether (sulfide) groups is 1. The molecule has 2 heterocycles. The highest BCUT2D eigenvalue weighted by molar-refractivity contribution is 8.00. The van der Waals surface area contributed by atoms with E-state index in [0.717, 1.165) is 27.3 Å². The lowest BCUT2D eigenvalue weighted by atomic mass is 10.1. The molecule has 4 aromatic rings. The Bertz CT molecular complexity index is 1110. The Morgan fingerprint density at radius 3 is 2.66 bits per heavy atom. The quantitative estimate of drug-likeness (QED) is 0.393. The number of hydrogen-bond acceptors (Lipinski definition) is 6. The molecule has 0 aliphatic carbocycles. The summed E-state index contributed by atoms with van der Waals surface area (Å²) in [5.74, 6) is 0.329. The number of nitrogens with one attached hydrogen (secondary N) is 1. The summed E-state index contributed by atoms with van der Waals surface area (Å²) in [6, 6.07) is 19.5. The lowest BCUT2D eigenvalue weighted by Crippen LogP contribution is -2.19. The van der Waals surface area contributed by atoms with Crippen LogP contribution in [0.1, 0.15) is 21.9 Å². The van der Waals surface area contributed by atoms with Gasteiger partial charge in [0.25, 0.3) is 11.1 Å². The molecule has 0 fully saturated rings. The van der Waals surface area contributed by atoms with Crippen LogP contribution >= 0.6 is 23.1 Å². The maximum absolute atomic E-state index is 13.2. The van der Waals surface area contributed by atoms with Crippen molar-refractivity contribution < 1.29 is 9.21 Å². The summed E-state index contributed by atoms with van der Waals surface area (Å²) < 4.78 is 5.79. The number of carbonyl (C=O) groups excluding carboxylic acids is 1. The summed E-state index contributed by atoms with van der Waals surface area (Å²) in [7, 11) is 0. The van der Waals surface area contributed by atoms with Crippen molar-refractivity contribution in [3.05, 3.63) is 82.7 Å². The van der Waals surface area contributed by atoms with Gasteiger partial charge in [0.15, 0.2) is 0 Å². The SMILES string of the molecule is Cc1ccc(C)c(NC(=O)[C@@H](Sc2nnc(-c3cccs3)o2)c2ccccc2)c1. The molecule has 0 aliphatic rings. The number of anilines is 1. The summed E-state index contributed by atoms with van der Waals surface area (Å²) in [5, 5.41) is 13.1. The average molecular weight is 422 g/mol. The molecule has 1 N–H and O–H groups in total. The van der Waals surface area contributed by atoms with Gasteiger partial charge in [-0.25, -0.2) is 0 Å². The number of benzene rings is 2. The highest BCUT2D eigenvalue weighted by Gasteiger charge is 2.25. The minimum Gasteiger partial charge on any atom is -0.410 e. The second-order valence-corrected chi connectivity index (χ2v) is 8.57. The lowest BCUT2D eigenvalue weighted by molar-refractivity contribution is -0.115. The smallest absolute Gasteiger partial charge is 0.278 e. The van der Waals surface area contributed by atoms with Crippen molar-refractivity contribution in [3.8, 4) is 10.8 Å². The van der Waals surface area contributed by atoms with Crippen LogP contribution in [0.15, 0.2) is 75.7 Å². The Morgan fingerprint density at radius 2 is 1.90 bits per heavy atom. The molecule has 0 spiro atoms. The van der Waals surface area contributed by atoms with E-state index in [1.807, 2.05) is 79.9 Å². The largest absolute Gasteiger partial charge is 0.410 e. The van der Waals surface area contributed by atoms with E-state index in [1.165, 1.54) is 23.1 Å². The molecule has 2 aromatic heterocycles. The molecule has 0 unspecified atom stereocenters. The number of rotatable bonds is 6. The van der Waals surface area contributed by atoms with Gasteiger partial charge in [-0.2, -0.15) is 0 Å². The Balaban J connectivity index is 1.60. The summed E-state index contributed by atoms with van der Waals surface area (Å²) in [6.45, 7) is 3.98. The number of aromatic nitrogens is 2. The number of thiophene rings is 1. The molecule has 4 rings (SSSR count). The molecule has 0 bridgehead atoms. The van der Waals surface area contributed by atoms with E-state index in [0.29, 0.717) is 11.1 Å². The lowest BCUT2D eigenvalue weighted by Gasteiger charge is -2.16. The van der Waals surface area contributed by atoms with Gasteiger partial charge in [-0.1, -0.05) is 48.5 Å². The van der Waals surface area contributed by atoms with Crippen LogP contribution in [0.2, 0.25) is 0 Å². The monoisotopic (exact) mass is 421 g/mol. The van der Waals surface area contributed by atoms with Crippen molar-refractivity contribution >= 4 is 34.7 Å². The number of nitrogens with zero attached hydrogens (tertiary/aromatic N) is 2. The van der Waals surface area contributed by atoms with Crippen LogP contribution in [0.3, 0.4) is 0 Å². The Labute approximate surface area is 177 Å². The third kappa shape index (κ3) is 4.58.